The molecule has 6 heteroatoms. The molecule has 0 bridgehead atoms. The van der Waals surface area contributed by atoms with Crippen LogP contribution in [0.2, 0.25) is 0 Å². The summed E-state index contributed by atoms with van der Waals surface area (Å²) in [6, 6.07) is 26.4. The fourth-order valence-corrected chi connectivity index (χ4v) is 3.99. The van der Waals surface area contributed by atoms with Crippen LogP contribution in [0.1, 0.15) is 17.0 Å². The molecule has 0 spiro atoms. The molecule has 4 rings (SSSR count). The lowest BCUT2D eigenvalue weighted by Crippen LogP contribution is -2.05. The van der Waals surface area contributed by atoms with Crippen LogP contribution in [-0.4, -0.2) is 34.2 Å². The lowest BCUT2D eigenvalue weighted by atomic mass is 10.1. The third-order valence-electron chi connectivity index (χ3n) is 4.84. The number of hydrogen-bond donors (Lipinski definition) is 0. The van der Waals surface area contributed by atoms with E-state index in [1.807, 2.05) is 54.6 Å². The molecule has 0 fully saturated rings. The zero-order valence-electron chi connectivity index (χ0n) is 17.7. The molecule has 3 aromatic carbocycles. The zero-order valence-corrected chi connectivity index (χ0v) is 18.5. The van der Waals surface area contributed by atoms with Gasteiger partial charge >= 0.3 is 0 Å². The van der Waals surface area contributed by atoms with Gasteiger partial charge in [-0.1, -0.05) is 59.8 Å². The number of hydrogen-bond acceptors (Lipinski definition) is 5. The standard InChI is InChI=1S/C25H25N3O2S/c1-19-8-12-23(13-9-19)30-16-17-31-25-27-26-24(18-20-6-4-3-5-7-20)28(25)21-10-14-22(29-2)15-11-21/h3-15H,16-18H2,1-2H3. The first-order valence-corrected chi connectivity index (χ1v) is 11.2. The van der Waals surface area contributed by atoms with Gasteiger partial charge in [0.25, 0.3) is 0 Å². The summed E-state index contributed by atoms with van der Waals surface area (Å²) in [5.41, 5.74) is 3.43. The van der Waals surface area contributed by atoms with Crippen molar-refractivity contribution in [3.8, 4) is 17.2 Å². The molecule has 158 valence electrons. The average Bonchev–Trinajstić information content (AvgIpc) is 3.21. The predicted molar refractivity (Wildman–Crippen MR) is 125 cm³/mol. The Morgan fingerprint density at radius 3 is 2.26 bits per heavy atom. The van der Waals surface area contributed by atoms with E-state index < -0.39 is 0 Å². The van der Waals surface area contributed by atoms with Crippen LogP contribution < -0.4 is 9.47 Å². The van der Waals surface area contributed by atoms with Gasteiger partial charge in [-0.3, -0.25) is 4.57 Å². The lowest BCUT2D eigenvalue weighted by molar-refractivity contribution is 0.344. The SMILES string of the molecule is COc1ccc(-n2c(Cc3ccccc3)nnc2SCCOc2ccc(C)cc2)cc1. The first-order valence-electron chi connectivity index (χ1n) is 10.2. The van der Waals surface area contributed by atoms with Crippen molar-refractivity contribution in [1.82, 2.24) is 14.8 Å². The summed E-state index contributed by atoms with van der Waals surface area (Å²) in [4.78, 5) is 0. The van der Waals surface area contributed by atoms with E-state index in [1.165, 1.54) is 11.1 Å². The lowest BCUT2D eigenvalue weighted by Gasteiger charge is -2.11. The number of rotatable bonds is 9. The van der Waals surface area contributed by atoms with E-state index in [9.17, 15) is 0 Å². The smallest absolute Gasteiger partial charge is 0.195 e. The Hall–Kier alpha value is -3.25. The van der Waals surface area contributed by atoms with Crippen molar-refractivity contribution in [3.63, 3.8) is 0 Å². The second-order valence-electron chi connectivity index (χ2n) is 7.10. The van der Waals surface area contributed by atoms with Crippen LogP contribution >= 0.6 is 11.8 Å². The Morgan fingerprint density at radius 2 is 1.55 bits per heavy atom. The monoisotopic (exact) mass is 431 g/mol. The van der Waals surface area contributed by atoms with E-state index in [2.05, 4.69) is 46.0 Å². The fourth-order valence-electron chi connectivity index (χ4n) is 3.20. The van der Waals surface area contributed by atoms with Gasteiger partial charge in [0.2, 0.25) is 0 Å². The maximum absolute atomic E-state index is 5.87. The van der Waals surface area contributed by atoms with Gasteiger partial charge in [-0.05, 0) is 48.9 Å². The number of thioether (sulfide) groups is 1. The zero-order chi connectivity index (χ0) is 21.5. The van der Waals surface area contributed by atoms with Crippen LogP contribution in [-0.2, 0) is 6.42 Å². The van der Waals surface area contributed by atoms with Crippen LogP contribution in [0.15, 0.2) is 84.0 Å². The maximum atomic E-state index is 5.87. The van der Waals surface area contributed by atoms with Gasteiger partial charge < -0.3 is 9.47 Å². The number of methoxy groups -OCH3 is 1. The van der Waals surface area contributed by atoms with Gasteiger partial charge in [0.05, 0.1) is 13.7 Å². The molecule has 0 amide bonds. The van der Waals surface area contributed by atoms with Gasteiger partial charge in [0.15, 0.2) is 5.16 Å². The summed E-state index contributed by atoms with van der Waals surface area (Å²) in [6.07, 6.45) is 0.709. The number of aryl methyl sites for hydroxylation is 1. The molecule has 0 atom stereocenters. The third-order valence-corrected chi connectivity index (χ3v) is 5.73. The van der Waals surface area contributed by atoms with Crippen LogP contribution in [0, 0.1) is 6.92 Å². The fraction of sp³-hybridized carbons (Fsp3) is 0.200. The largest absolute Gasteiger partial charge is 0.497 e. The highest BCUT2D eigenvalue weighted by Gasteiger charge is 2.15. The molecule has 4 aromatic rings. The number of ether oxygens (including phenoxy) is 2. The van der Waals surface area contributed by atoms with Crippen molar-refractivity contribution in [2.45, 2.75) is 18.5 Å². The molecular weight excluding hydrogens is 406 g/mol. The molecule has 5 nitrogen and oxygen atoms in total. The Bertz CT molecular complexity index is 1090. The molecule has 0 saturated heterocycles. The predicted octanol–water partition coefficient (Wildman–Crippen LogP) is 5.35. The molecule has 0 N–H and O–H groups in total. The summed E-state index contributed by atoms with van der Waals surface area (Å²) in [5.74, 6) is 3.38. The van der Waals surface area contributed by atoms with E-state index >= 15 is 0 Å². The highest BCUT2D eigenvalue weighted by molar-refractivity contribution is 7.99. The van der Waals surface area contributed by atoms with Gasteiger partial charge in [0.1, 0.15) is 17.3 Å². The second kappa shape index (κ2) is 10.2. The van der Waals surface area contributed by atoms with Crippen molar-refractivity contribution in [1.29, 1.82) is 0 Å². The van der Waals surface area contributed by atoms with Gasteiger partial charge in [-0.2, -0.15) is 0 Å². The minimum Gasteiger partial charge on any atom is -0.497 e. The summed E-state index contributed by atoms with van der Waals surface area (Å²) in [7, 11) is 1.67. The minimum atomic E-state index is 0.594. The van der Waals surface area contributed by atoms with Crippen molar-refractivity contribution < 1.29 is 9.47 Å². The molecule has 0 aliphatic heterocycles. The average molecular weight is 432 g/mol. The summed E-state index contributed by atoms with van der Waals surface area (Å²) >= 11 is 1.64. The van der Waals surface area contributed by atoms with E-state index in [-0.39, 0.29) is 0 Å². The minimum absolute atomic E-state index is 0.594. The molecule has 31 heavy (non-hydrogen) atoms. The second-order valence-corrected chi connectivity index (χ2v) is 8.17. The Labute approximate surface area is 187 Å². The van der Waals surface area contributed by atoms with E-state index in [1.54, 1.807) is 18.9 Å². The van der Waals surface area contributed by atoms with Crippen molar-refractivity contribution in [3.05, 3.63) is 95.8 Å². The van der Waals surface area contributed by atoms with Crippen LogP contribution in [0.4, 0.5) is 0 Å². The molecule has 0 aliphatic carbocycles. The molecule has 1 aromatic heterocycles. The summed E-state index contributed by atoms with van der Waals surface area (Å²) < 4.78 is 13.3. The topological polar surface area (TPSA) is 49.2 Å². The van der Waals surface area contributed by atoms with Crippen molar-refractivity contribution in [2.75, 3.05) is 19.5 Å². The Kier molecular flexibility index (Phi) is 6.89. The highest BCUT2D eigenvalue weighted by atomic mass is 32.2. The van der Waals surface area contributed by atoms with E-state index in [0.29, 0.717) is 13.0 Å². The number of nitrogens with zero attached hydrogens (tertiary/aromatic N) is 3. The first-order chi connectivity index (χ1) is 15.2. The molecule has 0 saturated carbocycles. The normalized spacial score (nSPS) is 10.8. The van der Waals surface area contributed by atoms with Crippen molar-refractivity contribution >= 4 is 11.8 Å². The van der Waals surface area contributed by atoms with Gasteiger partial charge in [-0.25, -0.2) is 0 Å². The van der Waals surface area contributed by atoms with Gasteiger partial charge in [0, 0.05) is 17.9 Å². The van der Waals surface area contributed by atoms with Gasteiger partial charge in [-0.15, -0.1) is 10.2 Å². The van der Waals surface area contributed by atoms with E-state index in [4.69, 9.17) is 9.47 Å². The summed E-state index contributed by atoms with van der Waals surface area (Å²) in [6.45, 7) is 2.66. The van der Waals surface area contributed by atoms with Crippen LogP contribution in [0.5, 0.6) is 11.5 Å². The van der Waals surface area contributed by atoms with Crippen molar-refractivity contribution in [2.24, 2.45) is 0 Å². The Balaban J connectivity index is 1.51. The van der Waals surface area contributed by atoms with Crippen LogP contribution in [0.25, 0.3) is 5.69 Å². The Morgan fingerprint density at radius 1 is 0.839 bits per heavy atom. The molecule has 0 unspecified atom stereocenters. The third kappa shape index (κ3) is 5.47. The van der Waals surface area contributed by atoms with E-state index in [0.717, 1.165) is 33.9 Å². The maximum Gasteiger partial charge on any atom is 0.195 e. The first kappa shape index (κ1) is 21.0. The van der Waals surface area contributed by atoms with Crippen LogP contribution in [0.3, 0.4) is 0 Å². The molecule has 0 aliphatic rings. The molecule has 1 heterocycles. The quantitative estimate of drug-likeness (QED) is 0.264. The molecule has 0 radical (unpaired) electrons. The summed E-state index contributed by atoms with van der Waals surface area (Å²) in [5, 5.41) is 9.82. The highest BCUT2D eigenvalue weighted by Crippen LogP contribution is 2.25. The number of aromatic nitrogens is 3. The molecular formula is C25H25N3O2S. The number of benzene rings is 3.